The molecular weight excluding hydrogens is 302 g/mol. The predicted octanol–water partition coefficient (Wildman–Crippen LogP) is 2.69. The number of hydrogen-bond donors (Lipinski definition) is 2. The van der Waals surface area contributed by atoms with E-state index in [1.165, 1.54) is 6.08 Å². The fourth-order valence-corrected chi connectivity index (χ4v) is 2.77. The van der Waals surface area contributed by atoms with Gasteiger partial charge in [-0.05, 0) is 38.7 Å². The lowest BCUT2D eigenvalue weighted by Gasteiger charge is -2.36. The third-order valence-corrected chi connectivity index (χ3v) is 4.51. The molecule has 0 spiro atoms. The number of rotatable bonds is 7. The van der Waals surface area contributed by atoms with Crippen molar-refractivity contribution in [2.24, 2.45) is 0 Å². The molecule has 1 aromatic heterocycles. The maximum Gasteiger partial charge on any atom is 0.244 e. The molecular formula is C16H24ClN3O2. The molecule has 122 valence electrons. The Kier molecular flexibility index (Phi) is 5.64. The molecule has 0 aliphatic heterocycles. The van der Waals surface area contributed by atoms with Gasteiger partial charge in [0.2, 0.25) is 5.91 Å². The van der Waals surface area contributed by atoms with Crippen molar-refractivity contribution in [1.29, 1.82) is 0 Å². The number of carbonyl (C=O) groups is 1. The highest BCUT2D eigenvalue weighted by atomic mass is 35.5. The Morgan fingerprint density at radius 1 is 1.55 bits per heavy atom. The van der Waals surface area contributed by atoms with Gasteiger partial charge in [0, 0.05) is 24.7 Å². The Labute approximate surface area is 136 Å². The standard InChI is InChI=1S/C16H24ClN3O2/c1-3-4-10-20-15(17)13(12(2)19-20)6-7-14(21)18-11-16(22)8-5-9-16/h6-7,22H,3-5,8-11H2,1-2H3,(H,18,21). The molecule has 0 bridgehead atoms. The maximum absolute atomic E-state index is 11.8. The van der Waals surface area contributed by atoms with E-state index in [4.69, 9.17) is 11.6 Å². The van der Waals surface area contributed by atoms with Gasteiger partial charge in [-0.3, -0.25) is 9.48 Å². The van der Waals surface area contributed by atoms with Crippen LogP contribution in [0.5, 0.6) is 0 Å². The number of nitrogens with one attached hydrogen (secondary N) is 1. The normalized spacial score (nSPS) is 16.7. The third-order valence-electron chi connectivity index (χ3n) is 4.11. The zero-order chi connectivity index (χ0) is 16.2. The smallest absolute Gasteiger partial charge is 0.244 e. The Morgan fingerprint density at radius 3 is 2.86 bits per heavy atom. The second kappa shape index (κ2) is 7.29. The molecule has 0 radical (unpaired) electrons. The average molecular weight is 326 g/mol. The molecule has 1 aromatic rings. The van der Waals surface area contributed by atoms with Gasteiger partial charge in [-0.15, -0.1) is 0 Å². The minimum absolute atomic E-state index is 0.225. The van der Waals surface area contributed by atoms with E-state index in [1.807, 2.05) is 6.92 Å². The Balaban J connectivity index is 1.94. The molecule has 22 heavy (non-hydrogen) atoms. The van der Waals surface area contributed by atoms with E-state index in [9.17, 15) is 9.90 Å². The molecule has 0 aromatic carbocycles. The first kappa shape index (κ1) is 17.0. The first-order valence-electron chi connectivity index (χ1n) is 7.86. The highest BCUT2D eigenvalue weighted by Crippen LogP contribution is 2.30. The quantitative estimate of drug-likeness (QED) is 0.757. The van der Waals surface area contributed by atoms with Crippen LogP contribution in [-0.2, 0) is 11.3 Å². The first-order chi connectivity index (χ1) is 10.4. The molecule has 2 rings (SSSR count). The van der Waals surface area contributed by atoms with Crippen LogP contribution >= 0.6 is 11.6 Å². The van der Waals surface area contributed by atoms with Gasteiger partial charge in [-0.2, -0.15) is 5.10 Å². The predicted molar refractivity (Wildman–Crippen MR) is 87.7 cm³/mol. The largest absolute Gasteiger partial charge is 0.388 e. The van der Waals surface area contributed by atoms with E-state index in [0.717, 1.165) is 49.9 Å². The van der Waals surface area contributed by atoms with Crippen LogP contribution in [0, 0.1) is 6.92 Å². The summed E-state index contributed by atoms with van der Waals surface area (Å²) >= 11 is 6.31. The Bertz CT molecular complexity index is 562. The summed E-state index contributed by atoms with van der Waals surface area (Å²) in [5.74, 6) is -0.225. The highest BCUT2D eigenvalue weighted by molar-refractivity contribution is 6.31. The van der Waals surface area contributed by atoms with Crippen LogP contribution in [0.4, 0.5) is 0 Å². The lowest BCUT2D eigenvalue weighted by atomic mass is 9.80. The Morgan fingerprint density at radius 2 is 2.27 bits per heavy atom. The topological polar surface area (TPSA) is 67.2 Å². The molecule has 5 nitrogen and oxygen atoms in total. The van der Waals surface area contributed by atoms with Crippen molar-refractivity contribution >= 4 is 23.6 Å². The lowest BCUT2D eigenvalue weighted by molar-refractivity contribution is -0.118. The van der Waals surface area contributed by atoms with E-state index >= 15 is 0 Å². The van der Waals surface area contributed by atoms with Crippen LogP contribution in [0.25, 0.3) is 6.08 Å². The summed E-state index contributed by atoms with van der Waals surface area (Å²) in [5, 5.41) is 17.6. The van der Waals surface area contributed by atoms with Crippen molar-refractivity contribution in [2.75, 3.05) is 6.54 Å². The van der Waals surface area contributed by atoms with E-state index in [-0.39, 0.29) is 5.91 Å². The van der Waals surface area contributed by atoms with Crippen molar-refractivity contribution in [2.45, 2.75) is 58.1 Å². The van der Waals surface area contributed by atoms with Crippen molar-refractivity contribution in [3.05, 3.63) is 22.5 Å². The molecule has 6 heteroatoms. The van der Waals surface area contributed by atoms with Crippen molar-refractivity contribution < 1.29 is 9.90 Å². The number of carbonyl (C=O) groups excluding carboxylic acids is 1. The number of nitrogens with zero attached hydrogens (tertiary/aromatic N) is 2. The van der Waals surface area contributed by atoms with Gasteiger partial charge in [-0.1, -0.05) is 24.9 Å². The van der Waals surface area contributed by atoms with Gasteiger partial charge in [0.15, 0.2) is 0 Å². The second-order valence-electron chi connectivity index (χ2n) is 6.00. The van der Waals surface area contributed by atoms with Gasteiger partial charge < -0.3 is 10.4 Å². The minimum Gasteiger partial charge on any atom is -0.388 e. The summed E-state index contributed by atoms with van der Waals surface area (Å²) in [7, 11) is 0. The second-order valence-corrected chi connectivity index (χ2v) is 6.35. The number of aryl methyl sites for hydroxylation is 2. The number of aliphatic hydroxyl groups is 1. The molecule has 1 heterocycles. The molecule has 1 aliphatic carbocycles. The molecule has 0 unspecified atom stereocenters. The molecule has 1 fully saturated rings. The zero-order valence-electron chi connectivity index (χ0n) is 13.2. The number of halogens is 1. The number of amides is 1. The van der Waals surface area contributed by atoms with Crippen LogP contribution in [0.2, 0.25) is 5.15 Å². The summed E-state index contributed by atoms with van der Waals surface area (Å²) in [6.45, 7) is 5.08. The SMILES string of the molecule is CCCCn1nc(C)c(C=CC(=O)NCC2(O)CCC2)c1Cl. The van der Waals surface area contributed by atoms with Crippen LogP contribution in [0.1, 0.15) is 50.3 Å². The van der Waals surface area contributed by atoms with Crippen LogP contribution in [0.15, 0.2) is 6.08 Å². The third kappa shape index (κ3) is 4.11. The van der Waals surface area contributed by atoms with Gasteiger partial charge in [0.05, 0.1) is 11.3 Å². The van der Waals surface area contributed by atoms with E-state index in [0.29, 0.717) is 11.7 Å². The van der Waals surface area contributed by atoms with Crippen LogP contribution < -0.4 is 5.32 Å². The summed E-state index contributed by atoms with van der Waals surface area (Å²) in [4.78, 5) is 11.8. The summed E-state index contributed by atoms with van der Waals surface area (Å²) in [6, 6.07) is 0. The number of unbranched alkanes of at least 4 members (excludes halogenated alkanes) is 1. The molecule has 1 amide bonds. The maximum atomic E-state index is 11.8. The summed E-state index contributed by atoms with van der Waals surface area (Å²) in [6.07, 6.45) is 7.76. The fourth-order valence-electron chi connectivity index (χ4n) is 2.44. The van der Waals surface area contributed by atoms with Crippen molar-refractivity contribution in [3.8, 4) is 0 Å². The molecule has 1 saturated carbocycles. The minimum atomic E-state index is -0.706. The van der Waals surface area contributed by atoms with Gasteiger partial charge >= 0.3 is 0 Å². The molecule has 2 N–H and O–H groups in total. The van der Waals surface area contributed by atoms with Crippen molar-refractivity contribution in [1.82, 2.24) is 15.1 Å². The number of hydrogen-bond acceptors (Lipinski definition) is 3. The summed E-state index contributed by atoms with van der Waals surface area (Å²) < 4.78 is 1.77. The van der Waals surface area contributed by atoms with Crippen LogP contribution in [-0.4, -0.2) is 32.9 Å². The molecule has 1 aliphatic rings. The zero-order valence-corrected chi connectivity index (χ0v) is 14.0. The van der Waals surface area contributed by atoms with E-state index < -0.39 is 5.60 Å². The van der Waals surface area contributed by atoms with Crippen molar-refractivity contribution in [3.63, 3.8) is 0 Å². The first-order valence-corrected chi connectivity index (χ1v) is 8.24. The van der Waals surface area contributed by atoms with Gasteiger partial charge in [0.25, 0.3) is 0 Å². The van der Waals surface area contributed by atoms with Crippen LogP contribution in [0.3, 0.4) is 0 Å². The van der Waals surface area contributed by atoms with Gasteiger partial charge in [-0.25, -0.2) is 0 Å². The molecule has 0 atom stereocenters. The van der Waals surface area contributed by atoms with E-state index in [2.05, 4.69) is 17.3 Å². The van der Waals surface area contributed by atoms with Gasteiger partial charge in [0.1, 0.15) is 5.15 Å². The number of aromatic nitrogens is 2. The Hall–Kier alpha value is -1.33. The lowest BCUT2D eigenvalue weighted by Crippen LogP contribution is -2.47. The van der Waals surface area contributed by atoms with E-state index in [1.54, 1.807) is 10.8 Å². The monoisotopic (exact) mass is 325 g/mol. The highest BCUT2D eigenvalue weighted by Gasteiger charge is 2.34. The molecule has 0 saturated heterocycles. The average Bonchev–Trinajstić information content (AvgIpc) is 2.73. The summed E-state index contributed by atoms with van der Waals surface area (Å²) in [5.41, 5.74) is 0.875. The fraction of sp³-hybridized carbons (Fsp3) is 0.625.